The first-order valence-corrected chi connectivity index (χ1v) is 3.40. The third kappa shape index (κ3) is 2.08. The van der Waals surface area contributed by atoms with Crippen LogP contribution < -0.4 is 0 Å². The van der Waals surface area contributed by atoms with E-state index in [1.807, 2.05) is 0 Å². The van der Waals surface area contributed by atoms with Crippen LogP contribution in [0.15, 0.2) is 30.3 Å². The van der Waals surface area contributed by atoms with Crippen molar-refractivity contribution in [2.24, 2.45) is 0 Å². The molecule has 0 aliphatic heterocycles. The first-order valence-electron chi connectivity index (χ1n) is 4.40. The normalized spacial score (nSPS) is 11.7. The van der Waals surface area contributed by atoms with E-state index in [0.717, 1.165) is 0 Å². The molecule has 0 fully saturated rings. The predicted octanol–water partition coefficient (Wildman–Crippen LogP) is 1.86. The van der Waals surface area contributed by atoms with E-state index in [-0.39, 0.29) is 24.3 Å². The summed E-state index contributed by atoms with van der Waals surface area (Å²) in [6, 6.07) is 4.55. The number of rotatable bonds is 2. The molecule has 2 nitrogen and oxygen atoms in total. The Morgan fingerprint density at radius 3 is 2.73 bits per heavy atom. The fourth-order valence-electron chi connectivity index (χ4n) is 0.674. The average molecular weight is 152 g/mol. The van der Waals surface area contributed by atoms with Crippen LogP contribution in [0.25, 0.3) is 0 Å². The topological polar surface area (TPSA) is 26.3 Å². The van der Waals surface area contributed by atoms with Gasteiger partial charge in [0.25, 0.3) is 0 Å². The lowest BCUT2D eigenvalue weighted by atomic mass is 10.2. The lowest BCUT2D eigenvalue weighted by Crippen LogP contribution is -2.03. The van der Waals surface area contributed by atoms with Crippen LogP contribution in [0, 0.1) is 0 Å². The number of carbonyl (C=O) groups is 1. The van der Waals surface area contributed by atoms with Gasteiger partial charge in [-0.3, -0.25) is 0 Å². The van der Waals surface area contributed by atoms with E-state index in [1.54, 1.807) is 13.0 Å². The first-order chi connectivity index (χ1) is 6.16. The lowest BCUT2D eigenvalue weighted by molar-refractivity contribution is 0.0526. The molecule has 0 atom stereocenters. The summed E-state index contributed by atoms with van der Waals surface area (Å²) in [6.45, 7) is 1.95. The van der Waals surface area contributed by atoms with Gasteiger partial charge in [-0.15, -0.1) is 0 Å². The third-order valence-corrected chi connectivity index (χ3v) is 1.13. The second-order valence-electron chi connectivity index (χ2n) is 1.91. The molecule has 0 amide bonds. The molecule has 0 saturated carbocycles. The highest BCUT2D eigenvalue weighted by Gasteiger charge is 2.02. The van der Waals surface area contributed by atoms with Gasteiger partial charge in [-0.05, 0) is 19.0 Å². The number of hydrogen-bond acceptors (Lipinski definition) is 2. The first kappa shape index (κ1) is 5.35. The highest BCUT2D eigenvalue weighted by molar-refractivity contribution is 5.89. The molecule has 0 bridgehead atoms. The summed E-state index contributed by atoms with van der Waals surface area (Å²) in [6.07, 6.45) is 0. The lowest BCUT2D eigenvalue weighted by Gasteiger charge is -1.99. The Bertz CT molecular complexity index is 303. The number of carbonyl (C=O) groups excluding carboxylic acids is 1. The molecule has 0 saturated heterocycles. The second kappa shape index (κ2) is 3.76. The Balaban J connectivity index is 3.05. The maximum Gasteiger partial charge on any atom is 0.338 e. The van der Waals surface area contributed by atoms with Gasteiger partial charge in [-0.2, -0.15) is 0 Å². The van der Waals surface area contributed by atoms with Crippen molar-refractivity contribution in [3.8, 4) is 0 Å². The third-order valence-electron chi connectivity index (χ3n) is 1.13. The maximum atomic E-state index is 11.2. The van der Waals surface area contributed by atoms with Crippen molar-refractivity contribution in [2.75, 3.05) is 6.61 Å². The summed E-state index contributed by atoms with van der Waals surface area (Å²) in [5, 5.41) is 0. The minimum Gasteiger partial charge on any atom is -0.462 e. The quantitative estimate of drug-likeness (QED) is 0.604. The molecule has 0 spiro atoms. The maximum absolute atomic E-state index is 11.2. The molecular weight excluding hydrogens is 140 g/mol. The molecular formula is C9H10O2. The summed E-state index contributed by atoms with van der Waals surface area (Å²) in [5.74, 6) is -0.599. The fraction of sp³-hybridized carbons (Fsp3) is 0.222. The Hall–Kier alpha value is -1.31. The molecule has 1 aromatic carbocycles. The molecule has 0 aromatic heterocycles. The molecule has 2 heteroatoms. The summed E-state index contributed by atoms with van der Waals surface area (Å²) >= 11 is 0. The van der Waals surface area contributed by atoms with Crippen LogP contribution in [0.5, 0.6) is 0 Å². The van der Waals surface area contributed by atoms with Gasteiger partial charge in [0.1, 0.15) is 0 Å². The van der Waals surface area contributed by atoms with Crippen LogP contribution in [0.2, 0.25) is 0 Å². The molecule has 0 N–H and O–H groups in total. The summed E-state index contributed by atoms with van der Waals surface area (Å²) in [4.78, 5) is 11.2. The molecule has 58 valence electrons. The number of ether oxygens (including phenoxy) is 1. The van der Waals surface area contributed by atoms with Crippen LogP contribution in [0.1, 0.15) is 20.0 Å². The largest absolute Gasteiger partial charge is 0.462 e. The van der Waals surface area contributed by atoms with E-state index in [2.05, 4.69) is 0 Å². The molecule has 11 heavy (non-hydrogen) atoms. The molecule has 0 aliphatic rings. The van der Waals surface area contributed by atoms with E-state index < -0.39 is 5.97 Å². The summed E-state index contributed by atoms with van der Waals surface area (Å²) < 4.78 is 19.5. The molecule has 1 aromatic rings. The highest BCUT2D eigenvalue weighted by atomic mass is 16.5. The number of esters is 1. The zero-order chi connectivity index (χ0) is 9.84. The zero-order valence-corrected chi connectivity index (χ0v) is 6.26. The van der Waals surface area contributed by atoms with E-state index >= 15 is 0 Å². The molecule has 0 radical (unpaired) electrons. The van der Waals surface area contributed by atoms with Crippen LogP contribution in [-0.4, -0.2) is 12.6 Å². The van der Waals surface area contributed by atoms with Gasteiger partial charge in [0.05, 0.1) is 14.9 Å². The van der Waals surface area contributed by atoms with Crippen molar-refractivity contribution in [3.05, 3.63) is 35.8 Å². The van der Waals surface area contributed by atoms with Crippen LogP contribution >= 0.6 is 0 Å². The zero-order valence-electron chi connectivity index (χ0n) is 8.26. The van der Waals surface area contributed by atoms with Crippen LogP contribution in [0.3, 0.4) is 0 Å². The number of hydrogen-bond donors (Lipinski definition) is 0. The summed E-state index contributed by atoms with van der Waals surface area (Å²) in [5.41, 5.74) is 0.0318. The molecule has 0 unspecified atom stereocenters. The van der Waals surface area contributed by atoms with Crippen LogP contribution in [-0.2, 0) is 4.74 Å². The monoisotopic (exact) mass is 152 g/mol. The summed E-state index contributed by atoms with van der Waals surface area (Å²) in [7, 11) is 0. The van der Waals surface area contributed by atoms with Crippen molar-refractivity contribution >= 4 is 5.97 Å². The Morgan fingerprint density at radius 2 is 2.18 bits per heavy atom. The van der Waals surface area contributed by atoms with Crippen molar-refractivity contribution in [1.29, 1.82) is 0 Å². The fourth-order valence-corrected chi connectivity index (χ4v) is 0.674. The van der Waals surface area contributed by atoms with E-state index in [4.69, 9.17) is 7.48 Å². The van der Waals surface area contributed by atoms with Crippen molar-refractivity contribution in [1.82, 2.24) is 0 Å². The Labute approximate surface area is 68.6 Å². The van der Waals surface area contributed by atoms with Gasteiger partial charge in [-0.25, -0.2) is 4.79 Å². The van der Waals surface area contributed by atoms with Gasteiger partial charge in [0, 0.05) is 0 Å². The standard InChI is InChI=1S/C9H10O2/c1-2-11-9(10)8-6-4-3-5-7-8/h3-7H,2H2,1H3/i6D,7D. The Kier molecular flexibility index (Phi) is 1.83. The Morgan fingerprint density at radius 1 is 1.55 bits per heavy atom. The predicted molar refractivity (Wildman–Crippen MR) is 42.4 cm³/mol. The van der Waals surface area contributed by atoms with E-state index in [9.17, 15) is 4.79 Å². The van der Waals surface area contributed by atoms with E-state index in [0.29, 0.717) is 0 Å². The van der Waals surface area contributed by atoms with Gasteiger partial charge >= 0.3 is 5.97 Å². The minimum absolute atomic E-state index is 0.0318. The van der Waals surface area contributed by atoms with Gasteiger partial charge in [0.15, 0.2) is 0 Å². The SMILES string of the molecule is [2H]c1cccc([2H])c1C(=O)OCC. The molecule has 0 heterocycles. The minimum atomic E-state index is -0.599. The van der Waals surface area contributed by atoms with Gasteiger partial charge < -0.3 is 4.74 Å². The van der Waals surface area contributed by atoms with E-state index in [1.165, 1.54) is 12.1 Å². The highest BCUT2D eigenvalue weighted by Crippen LogP contribution is 1.99. The second-order valence-corrected chi connectivity index (χ2v) is 1.91. The number of benzene rings is 1. The van der Waals surface area contributed by atoms with Crippen LogP contribution in [0.4, 0.5) is 0 Å². The van der Waals surface area contributed by atoms with Crippen molar-refractivity contribution in [2.45, 2.75) is 6.92 Å². The molecule has 1 rings (SSSR count). The smallest absolute Gasteiger partial charge is 0.338 e. The van der Waals surface area contributed by atoms with Gasteiger partial charge in [-0.1, -0.05) is 18.2 Å². The average Bonchev–Trinajstić information content (AvgIpc) is 2.04. The van der Waals surface area contributed by atoms with Crippen molar-refractivity contribution < 1.29 is 12.3 Å². The molecule has 0 aliphatic carbocycles. The van der Waals surface area contributed by atoms with Gasteiger partial charge in [0.2, 0.25) is 0 Å². The van der Waals surface area contributed by atoms with Crippen molar-refractivity contribution in [3.63, 3.8) is 0 Å².